The van der Waals surface area contributed by atoms with E-state index in [1.54, 1.807) is 6.26 Å². The Morgan fingerprint density at radius 2 is 1.96 bits per heavy atom. The number of hydrogen-bond donors (Lipinski definition) is 1. The number of nitrogens with one attached hydrogen (secondary N) is 1. The molecule has 118 valence electrons. The number of para-hydroxylation sites is 1. The zero-order chi connectivity index (χ0) is 16.3. The molecule has 1 aliphatic rings. The fourth-order valence-electron chi connectivity index (χ4n) is 2.11. The fraction of sp³-hybridized carbons (Fsp3) is 0.235. The zero-order valence-electron chi connectivity index (χ0n) is 12.9. The van der Waals surface area contributed by atoms with Gasteiger partial charge in [0.2, 0.25) is 5.91 Å². The molecule has 0 saturated heterocycles. The molecule has 1 amide bonds. The molecule has 0 saturated carbocycles. The van der Waals surface area contributed by atoms with Crippen LogP contribution in [0, 0.1) is 0 Å². The first kappa shape index (κ1) is 15.6. The van der Waals surface area contributed by atoms with Crippen molar-refractivity contribution in [2.45, 2.75) is 25.0 Å². The van der Waals surface area contributed by atoms with E-state index < -0.39 is 4.75 Å². The second kappa shape index (κ2) is 6.42. The van der Waals surface area contributed by atoms with Gasteiger partial charge in [-0.2, -0.15) is 5.10 Å². The van der Waals surface area contributed by atoms with Crippen LogP contribution in [0.3, 0.4) is 0 Å². The minimum atomic E-state index is -0.650. The highest BCUT2D eigenvalue weighted by molar-refractivity contribution is 8.15. The Morgan fingerprint density at radius 3 is 2.65 bits per heavy atom. The first-order valence-electron chi connectivity index (χ1n) is 7.27. The van der Waals surface area contributed by atoms with E-state index in [9.17, 15) is 4.79 Å². The van der Waals surface area contributed by atoms with Gasteiger partial charge in [0.1, 0.15) is 16.5 Å². The highest BCUT2D eigenvalue weighted by Crippen LogP contribution is 2.31. The second-order valence-electron chi connectivity index (χ2n) is 5.63. The monoisotopic (exact) mass is 327 g/mol. The van der Waals surface area contributed by atoms with E-state index in [1.807, 2.05) is 56.3 Å². The van der Waals surface area contributed by atoms with Crippen LogP contribution in [0.2, 0.25) is 0 Å². The Hall–Kier alpha value is -2.34. The molecule has 0 spiro atoms. The number of hydrogen-bond acceptors (Lipinski definition) is 5. The molecular weight excluding hydrogens is 310 g/mol. The number of furan rings is 1. The Balaban J connectivity index is 1.60. The summed E-state index contributed by atoms with van der Waals surface area (Å²) in [5.41, 5.74) is 1.57. The molecule has 0 atom stereocenters. The summed E-state index contributed by atoms with van der Waals surface area (Å²) in [7, 11) is 0. The van der Waals surface area contributed by atoms with Crippen molar-refractivity contribution < 1.29 is 9.21 Å². The third kappa shape index (κ3) is 3.71. The lowest BCUT2D eigenvalue weighted by molar-refractivity contribution is -0.117. The van der Waals surface area contributed by atoms with E-state index in [4.69, 9.17) is 4.42 Å². The molecule has 1 N–H and O–H groups in total. The smallest absolute Gasteiger partial charge is 0.240 e. The highest BCUT2D eigenvalue weighted by atomic mass is 32.2. The topological polar surface area (TPSA) is 67.0 Å². The predicted molar refractivity (Wildman–Crippen MR) is 94.0 cm³/mol. The van der Waals surface area contributed by atoms with Gasteiger partial charge in [-0.05, 0) is 38.1 Å². The molecule has 5 nitrogen and oxygen atoms in total. The molecule has 0 radical (unpaired) electrons. The van der Waals surface area contributed by atoms with Gasteiger partial charge < -0.3 is 9.73 Å². The summed E-state index contributed by atoms with van der Waals surface area (Å²) in [6.07, 6.45) is 2.19. The maximum atomic E-state index is 12.5. The van der Waals surface area contributed by atoms with Gasteiger partial charge in [0.25, 0.3) is 0 Å². The third-order valence-corrected chi connectivity index (χ3v) is 4.52. The van der Waals surface area contributed by atoms with Crippen LogP contribution in [-0.2, 0) is 4.79 Å². The van der Waals surface area contributed by atoms with Crippen molar-refractivity contribution in [3.05, 3.63) is 54.5 Å². The number of carbonyl (C=O) groups excluding carboxylic acids is 1. The van der Waals surface area contributed by atoms with Crippen LogP contribution >= 0.6 is 11.8 Å². The van der Waals surface area contributed by atoms with Crippen molar-refractivity contribution in [1.29, 1.82) is 0 Å². The minimum absolute atomic E-state index is 0.0668. The lowest BCUT2D eigenvalue weighted by atomic mass is 10.2. The Morgan fingerprint density at radius 1 is 1.17 bits per heavy atom. The summed E-state index contributed by atoms with van der Waals surface area (Å²) in [5.74, 6) is 0.652. The molecule has 2 heterocycles. The fourth-order valence-corrected chi connectivity index (χ4v) is 3.13. The summed E-state index contributed by atoms with van der Waals surface area (Å²) >= 11 is 1.42. The normalized spacial score (nSPS) is 14.3. The third-order valence-electron chi connectivity index (χ3n) is 3.36. The van der Waals surface area contributed by atoms with E-state index >= 15 is 0 Å². The summed E-state index contributed by atoms with van der Waals surface area (Å²) in [5, 5.41) is 12.1. The quantitative estimate of drug-likeness (QED) is 0.925. The number of thioether (sulfide) groups is 1. The lowest BCUT2D eigenvalue weighted by Crippen LogP contribution is -2.35. The Bertz CT molecular complexity index is 749. The second-order valence-corrected chi connectivity index (χ2v) is 7.32. The van der Waals surface area contributed by atoms with Crippen LogP contribution in [0.15, 0.2) is 63.3 Å². The first-order chi connectivity index (χ1) is 11.0. The summed E-state index contributed by atoms with van der Waals surface area (Å²) in [6.45, 7) is 3.76. The van der Waals surface area contributed by atoms with Crippen molar-refractivity contribution in [3.8, 4) is 0 Å². The molecule has 23 heavy (non-hydrogen) atoms. The molecule has 0 unspecified atom stereocenters. The van der Waals surface area contributed by atoms with E-state index in [1.165, 1.54) is 11.8 Å². The largest absolute Gasteiger partial charge is 0.463 e. The molecule has 3 rings (SSSR count). The highest BCUT2D eigenvalue weighted by Gasteiger charge is 2.32. The standard InChI is InChI=1S/C17H17N3O2S/c1-17(2,16(21)18-12-7-4-3-5-8-12)23-15-11-13(19-20-15)14-9-6-10-22-14/h3-10H,11H2,1-2H3,(H,18,21). The number of benzene rings is 1. The summed E-state index contributed by atoms with van der Waals surface area (Å²) in [4.78, 5) is 12.5. The molecule has 0 aliphatic carbocycles. The molecule has 0 bridgehead atoms. The SMILES string of the molecule is CC(C)(SC1=NN=C(c2ccco2)C1)C(=O)Nc1ccccc1. The molecule has 1 aliphatic heterocycles. The first-order valence-corrected chi connectivity index (χ1v) is 8.09. The van der Waals surface area contributed by atoms with Crippen LogP contribution in [-0.4, -0.2) is 21.4 Å². The van der Waals surface area contributed by atoms with E-state index in [-0.39, 0.29) is 5.91 Å². The summed E-state index contributed by atoms with van der Waals surface area (Å²) < 4.78 is 4.68. The van der Waals surface area contributed by atoms with Crippen LogP contribution in [0.4, 0.5) is 5.69 Å². The van der Waals surface area contributed by atoms with E-state index in [0.29, 0.717) is 6.42 Å². The van der Waals surface area contributed by atoms with Gasteiger partial charge in [0.05, 0.1) is 11.0 Å². The van der Waals surface area contributed by atoms with Gasteiger partial charge >= 0.3 is 0 Å². The molecule has 6 heteroatoms. The molecule has 2 aromatic rings. The van der Waals surface area contributed by atoms with Crippen LogP contribution in [0.25, 0.3) is 0 Å². The number of amides is 1. The number of rotatable bonds is 4. The average molecular weight is 327 g/mol. The van der Waals surface area contributed by atoms with Gasteiger partial charge in [-0.3, -0.25) is 4.79 Å². The van der Waals surface area contributed by atoms with Gasteiger partial charge in [-0.15, -0.1) is 5.10 Å². The van der Waals surface area contributed by atoms with Gasteiger partial charge in [-0.1, -0.05) is 30.0 Å². The van der Waals surface area contributed by atoms with Crippen LogP contribution in [0.5, 0.6) is 0 Å². The Kier molecular flexibility index (Phi) is 4.34. The van der Waals surface area contributed by atoms with Crippen LogP contribution in [0.1, 0.15) is 26.0 Å². The van der Waals surface area contributed by atoms with Crippen LogP contribution < -0.4 is 5.32 Å². The number of anilines is 1. The predicted octanol–water partition coefficient (Wildman–Crippen LogP) is 3.94. The van der Waals surface area contributed by atoms with Crippen molar-refractivity contribution in [1.82, 2.24) is 0 Å². The lowest BCUT2D eigenvalue weighted by Gasteiger charge is -2.22. The maximum absolute atomic E-state index is 12.5. The number of nitrogens with zero attached hydrogens (tertiary/aromatic N) is 2. The zero-order valence-corrected chi connectivity index (χ0v) is 13.8. The minimum Gasteiger partial charge on any atom is -0.463 e. The Labute approximate surface area is 138 Å². The maximum Gasteiger partial charge on any atom is 0.240 e. The number of carbonyl (C=O) groups is 1. The molecule has 0 fully saturated rings. The molecular formula is C17H17N3O2S. The summed E-state index contributed by atoms with van der Waals surface area (Å²) in [6, 6.07) is 13.1. The van der Waals surface area contributed by atoms with Crippen molar-refractivity contribution in [2.75, 3.05) is 5.32 Å². The van der Waals surface area contributed by atoms with E-state index in [0.717, 1.165) is 22.2 Å². The van der Waals surface area contributed by atoms with E-state index in [2.05, 4.69) is 15.5 Å². The van der Waals surface area contributed by atoms with Crippen molar-refractivity contribution >= 4 is 34.1 Å². The molecule has 1 aromatic carbocycles. The van der Waals surface area contributed by atoms with Crippen molar-refractivity contribution in [3.63, 3.8) is 0 Å². The van der Waals surface area contributed by atoms with Gasteiger partial charge in [0, 0.05) is 12.1 Å². The van der Waals surface area contributed by atoms with Gasteiger partial charge in [-0.25, -0.2) is 0 Å². The average Bonchev–Trinajstić information content (AvgIpc) is 3.18. The van der Waals surface area contributed by atoms with Crippen molar-refractivity contribution in [2.24, 2.45) is 10.2 Å². The van der Waals surface area contributed by atoms with Gasteiger partial charge in [0.15, 0.2) is 0 Å². The molecule has 1 aromatic heterocycles.